The van der Waals surface area contributed by atoms with Gasteiger partial charge in [0.25, 0.3) is 0 Å². The molecule has 4 rings (SSSR count). The molecule has 0 aliphatic carbocycles. The average molecular weight is 751 g/mol. The van der Waals surface area contributed by atoms with E-state index in [2.05, 4.69) is 6.07 Å². The molecule has 52 heavy (non-hydrogen) atoms. The molecule has 3 saturated heterocycles. The van der Waals surface area contributed by atoms with E-state index < -0.39 is 83.4 Å². The van der Waals surface area contributed by atoms with Crippen molar-refractivity contribution in [1.29, 1.82) is 0 Å². The molecular formula is C39H62N2O10S. The Bertz CT molecular complexity index is 1390. The van der Waals surface area contributed by atoms with E-state index in [1.54, 1.807) is 37.0 Å². The Labute approximate surface area is 313 Å². The van der Waals surface area contributed by atoms with E-state index in [1.165, 1.54) is 18.9 Å². The molecule has 0 spiro atoms. The van der Waals surface area contributed by atoms with Crippen molar-refractivity contribution in [3.63, 3.8) is 0 Å². The Morgan fingerprint density at radius 2 is 1.73 bits per heavy atom. The number of hydrogen-bond acceptors (Lipinski definition) is 12. The summed E-state index contributed by atoms with van der Waals surface area (Å²) < 4.78 is 31.1. The number of amides is 1. The lowest BCUT2D eigenvalue weighted by Crippen LogP contribution is -2.60. The number of ketones is 2. The van der Waals surface area contributed by atoms with Gasteiger partial charge in [-0.15, -0.1) is 11.3 Å². The molecule has 13 heteroatoms. The Morgan fingerprint density at radius 3 is 2.33 bits per heavy atom. The van der Waals surface area contributed by atoms with Crippen LogP contribution in [0, 0.1) is 23.7 Å². The standard InChI is InChI=1S/C39H62N2O10S/c1-12-29-39(8)33(41(37(46)51-39)18-14-13-16-27-17-15-19-52-27)24(4)30(42)22(2)21-38(7,47-11)34(25(5)31(43)26(6)35(45)49-29)50-36-32(44)28(40(9)10)20-23(3)48-36/h15,17,19,22-26,28-29,32-34,36,44H,12-14,16,18,20-21H2,1-11H3/t22-,23-,24+,25+,26-,28+,29-,32-,33-,34-,36+,38-,39-/m1/s1. The second-order valence-corrected chi connectivity index (χ2v) is 16.9. The molecule has 294 valence electrons. The van der Waals surface area contributed by atoms with E-state index in [-0.39, 0.29) is 24.3 Å². The molecule has 0 bridgehead atoms. The van der Waals surface area contributed by atoms with E-state index in [0.29, 0.717) is 25.8 Å². The van der Waals surface area contributed by atoms with Gasteiger partial charge in [0, 0.05) is 42.3 Å². The largest absolute Gasteiger partial charge is 0.458 e. The van der Waals surface area contributed by atoms with Crippen LogP contribution in [-0.2, 0) is 44.5 Å². The quantitative estimate of drug-likeness (QED) is 0.190. The number of methoxy groups -OCH3 is 1. The predicted molar refractivity (Wildman–Crippen MR) is 197 cm³/mol. The van der Waals surface area contributed by atoms with Crippen LogP contribution in [0.15, 0.2) is 17.5 Å². The average Bonchev–Trinajstić information content (AvgIpc) is 3.71. The van der Waals surface area contributed by atoms with Crippen LogP contribution in [0.25, 0.3) is 0 Å². The molecule has 3 aliphatic heterocycles. The lowest BCUT2D eigenvalue weighted by molar-refractivity contribution is -0.295. The Hall–Kier alpha value is -2.42. The smallest absolute Gasteiger partial charge is 0.410 e. The van der Waals surface area contributed by atoms with Gasteiger partial charge in [-0.25, -0.2) is 4.79 Å². The van der Waals surface area contributed by atoms with Crippen molar-refractivity contribution in [2.45, 2.75) is 148 Å². The molecule has 13 atom stereocenters. The number of thiophene rings is 1. The van der Waals surface area contributed by atoms with Crippen LogP contribution in [0.4, 0.5) is 4.79 Å². The molecule has 0 aromatic carbocycles. The normalized spacial score (nSPS) is 39.6. The fraction of sp³-hybridized carbons (Fsp3) is 0.795. The van der Waals surface area contributed by atoms with Gasteiger partial charge in [0.05, 0.1) is 23.9 Å². The Kier molecular flexibility index (Phi) is 14.1. The maximum Gasteiger partial charge on any atom is 0.410 e. The van der Waals surface area contributed by atoms with Crippen LogP contribution in [0.3, 0.4) is 0 Å². The number of aryl methyl sites for hydroxylation is 1. The highest BCUT2D eigenvalue weighted by Gasteiger charge is 2.60. The van der Waals surface area contributed by atoms with E-state index in [0.717, 1.165) is 12.8 Å². The first-order valence-electron chi connectivity index (χ1n) is 18.9. The van der Waals surface area contributed by atoms with Crippen LogP contribution in [0.2, 0.25) is 0 Å². The van der Waals surface area contributed by atoms with Gasteiger partial charge in [0.15, 0.2) is 17.7 Å². The second-order valence-electron chi connectivity index (χ2n) is 15.9. The topological polar surface area (TPSA) is 141 Å². The second kappa shape index (κ2) is 17.4. The highest BCUT2D eigenvalue weighted by Crippen LogP contribution is 2.43. The molecule has 4 heterocycles. The van der Waals surface area contributed by atoms with E-state index in [1.807, 2.05) is 58.1 Å². The molecule has 1 aromatic rings. The number of unbranched alkanes of at least 4 members (excludes halogenated alkanes) is 1. The lowest BCUT2D eigenvalue weighted by Gasteiger charge is -2.47. The van der Waals surface area contributed by atoms with Gasteiger partial charge in [-0.05, 0) is 91.8 Å². The van der Waals surface area contributed by atoms with Gasteiger partial charge in [-0.3, -0.25) is 14.4 Å². The minimum atomic E-state index is -1.35. The van der Waals surface area contributed by atoms with Gasteiger partial charge in [-0.1, -0.05) is 33.8 Å². The summed E-state index contributed by atoms with van der Waals surface area (Å²) in [5.41, 5.74) is -2.60. The number of nitrogens with zero attached hydrogens (tertiary/aromatic N) is 2. The fourth-order valence-corrected chi connectivity index (χ4v) is 9.50. The number of aliphatic hydroxyl groups is 1. The summed E-state index contributed by atoms with van der Waals surface area (Å²) in [6, 6.07) is 3.11. The summed E-state index contributed by atoms with van der Waals surface area (Å²) in [5, 5.41) is 13.4. The number of esters is 1. The van der Waals surface area contributed by atoms with Crippen molar-refractivity contribution >= 4 is 35.0 Å². The van der Waals surface area contributed by atoms with Crippen LogP contribution in [0.5, 0.6) is 0 Å². The van der Waals surface area contributed by atoms with Crippen LogP contribution >= 0.6 is 11.3 Å². The van der Waals surface area contributed by atoms with Gasteiger partial charge in [0.1, 0.15) is 23.9 Å². The van der Waals surface area contributed by atoms with Crippen molar-refractivity contribution in [3.05, 3.63) is 22.4 Å². The molecule has 0 unspecified atom stereocenters. The number of aliphatic hydroxyl groups excluding tert-OH is 1. The van der Waals surface area contributed by atoms with Crippen molar-refractivity contribution in [2.75, 3.05) is 27.7 Å². The van der Waals surface area contributed by atoms with E-state index in [9.17, 15) is 24.3 Å². The summed E-state index contributed by atoms with van der Waals surface area (Å²) >= 11 is 1.69. The Balaban J connectivity index is 1.72. The van der Waals surface area contributed by atoms with E-state index >= 15 is 0 Å². The number of carbonyl (C=O) groups is 4. The van der Waals surface area contributed by atoms with Crippen LogP contribution in [0.1, 0.15) is 92.4 Å². The summed E-state index contributed by atoms with van der Waals surface area (Å²) in [5.74, 6) is -4.78. The monoisotopic (exact) mass is 750 g/mol. The number of Topliss-reactive ketones (excluding diaryl/α,β-unsaturated/α-hetero) is 2. The zero-order valence-electron chi connectivity index (χ0n) is 33.0. The molecule has 12 nitrogen and oxygen atoms in total. The highest BCUT2D eigenvalue weighted by molar-refractivity contribution is 7.09. The third-order valence-electron chi connectivity index (χ3n) is 11.8. The van der Waals surface area contributed by atoms with Crippen LogP contribution < -0.4 is 0 Å². The van der Waals surface area contributed by atoms with E-state index in [4.69, 9.17) is 23.7 Å². The maximum absolute atomic E-state index is 14.6. The lowest BCUT2D eigenvalue weighted by atomic mass is 9.73. The van der Waals surface area contributed by atoms with Crippen molar-refractivity contribution in [2.24, 2.45) is 23.7 Å². The number of likely N-dealkylation sites (N-methyl/N-ethyl adjacent to an activating group) is 1. The van der Waals surface area contributed by atoms with Crippen molar-refractivity contribution in [1.82, 2.24) is 9.80 Å². The fourth-order valence-electron chi connectivity index (χ4n) is 8.75. The van der Waals surface area contributed by atoms with Crippen LogP contribution in [-0.4, -0.2) is 120 Å². The molecule has 3 fully saturated rings. The SMILES string of the molecule is CC[C@H]1OC(=O)[C@H](C)C(=O)[C@H](C)[C@@H](O[C@@H]2O[C@H](C)C[C@H](N(C)C)[C@H]2O)[C@](C)(OC)C[C@@H](C)C(=O)[C@H](C)[C@H]2N(CCCCc3cccs3)C(=O)O[C@]12C. The summed E-state index contributed by atoms with van der Waals surface area (Å²) in [7, 11) is 5.26. The van der Waals surface area contributed by atoms with Gasteiger partial charge >= 0.3 is 12.1 Å². The number of cyclic esters (lactones) is 1. The van der Waals surface area contributed by atoms with Gasteiger partial charge < -0.3 is 38.6 Å². The predicted octanol–water partition coefficient (Wildman–Crippen LogP) is 5.27. The van der Waals surface area contributed by atoms with Crippen molar-refractivity contribution < 1.29 is 48.0 Å². The highest BCUT2D eigenvalue weighted by atomic mass is 32.1. The van der Waals surface area contributed by atoms with Gasteiger partial charge in [0.2, 0.25) is 0 Å². The van der Waals surface area contributed by atoms with Gasteiger partial charge in [-0.2, -0.15) is 0 Å². The van der Waals surface area contributed by atoms with Crippen molar-refractivity contribution in [3.8, 4) is 0 Å². The Morgan fingerprint density at radius 1 is 1.04 bits per heavy atom. The summed E-state index contributed by atoms with van der Waals surface area (Å²) in [4.78, 5) is 61.1. The molecule has 0 radical (unpaired) electrons. The number of hydrogen-bond donors (Lipinski definition) is 1. The molecule has 1 amide bonds. The minimum absolute atomic E-state index is 0.124. The first kappa shape index (κ1) is 42.3. The third-order valence-corrected chi connectivity index (χ3v) is 12.7. The number of ether oxygens (including phenoxy) is 5. The molecule has 0 saturated carbocycles. The molecule has 3 aliphatic rings. The zero-order chi connectivity index (χ0) is 38.7. The maximum atomic E-state index is 14.6. The third kappa shape index (κ3) is 8.76. The zero-order valence-corrected chi connectivity index (χ0v) is 33.8. The number of fused-ring (bicyclic) bond motifs is 1. The first-order chi connectivity index (χ1) is 24.4. The summed E-state index contributed by atoms with van der Waals surface area (Å²) in [6.45, 7) is 14.4. The number of carbonyl (C=O) groups excluding carboxylic acids is 4. The minimum Gasteiger partial charge on any atom is -0.458 e. The molecule has 1 N–H and O–H groups in total. The first-order valence-corrected chi connectivity index (χ1v) is 19.8. The number of rotatable bonds is 10. The molecular weight excluding hydrogens is 689 g/mol. The molecule has 1 aromatic heterocycles. The summed E-state index contributed by atoms with van der Waals surface area (Å²) in [6.07, 6.45) is -1.44.